The zero-order valence-corrected chi connectivity index (χ0v) is 15.0. The summed E-state index contributed by atoms with van der Waals surface area (Å²) in [5.74, 6) is 0.515. The van der Waals surface area contributed by atoms with E-state index in [4.69, 9.17) is 10.5 Å². The van der Waals surface area contributed by atoms with E-state index in [0.717, 1.165) is 65.9 Å². The molecule has 6 nitrogen and oxygen atoms in total. The van der Waals surface area contributed by atoms with E-state index in [1.807, 2.05) is 12.3 Å². The summed E-state index contributed by atoms with van der Waals surface area (Å²) in [5.41, 5.74) is 11.2. The minimum atomic E-state index is 0.515. The second-order valence-electron chi connectivity index (χ2n) is 6.99. The van der Waals surface area contributed by atoms with Crippen LogP contribution in [0.15, 0.2) is 48.8 Å². The molecule has 4 aromatic rings. The zero-order valence-electron chi connectivity index (χ0n) is 15.0. The molecule has 1 aromatic carbocycles. The minimum Gasteiger partial charge on any atom is -0.384 e. The Morgan fingerprint density at radius 1 is 0.963 bits per heavy atom. The highest BCUT2D eigenvalue weighted by Crippen LogP contribution is 2.29. The van der Waals surface area contributed by atoms with E-state index in [1.165, 1.54) is 5.56 Å². The summed E-state index contributed by atoms with van der Waals surface area (Å²) in [5, 5.41) is 2.12. The standard InChI is InChI=1S/C21H21N5O/c22-20-10-17-18-9-16(11-24-21(18)25-19(17)12-23-20)15-3-1-14(2-4-15)13-26-5-7-27-8-6-26/h1-4,9-12H,5-8,13H2,(H2,22,23)(H,24,25). The quantitative estimate of drug-likeness (QED) is 0.587. The molecule has 27 heavy (non-hydrogen) atoms. The molecule has 0 bridgehead atoms. The van der Waals surface area contributed by atoms with Gasteiger partial charge in [-0.15, -0.1) is 0 Å². The van der Waals surface area contributed by atoms with Gasteiger partial charge in [0.05, 0.1) is 24.9 Å². The van der Waals surface area contributed by atoms with Gasteiger partial charge in [0, 0.05) is 42.2 Å². The number of aromatic nitrogens is 3. The molecule has 1 aliphatic heterocycles. The fourth-order valence-electron chi connectivity index (χ4n) is 3.67. The van der Waals surface area contributed by atoms with Crippen molar-refractivity contribution in [1.82, 2.24) is 19.9 Å². The first-order valence-electron chi connectivity index (χ1n) is 9.19. The average Bonchev–Trinajstić information content (AvgIpc) is 3.06. The molecule has 3 aromatic heterocycles. The molecule has 3 N–H and O–H groups in total. The fraction of sp³-hybridized carbons (Fsp3) is 0.238. The second-order valence-corrected chi connectivity index (χ2v) is 6.99. The smallest absolute Gasteiger partial charge is 0.138 e. The number of rotatable bonds is 3. The van der Waals surface area contributed by atoms with Crippen LogP contribution in [0.2, 0.25) is 0 Å². The molecule has 5 rings (SSSR count). The van der Waals surface area contributed by atoms with Gasteiger partial charge in [-0.05, 0) is 23.3 Å². The Morgan fingerprint density at radius 3 is 2.59 bits per heavy atom. The van der Waals surface area contributed by atoms with Gasteiger partial charge in [0.1, 0.15) is 11.5 Å². The molecule has 1 saturated heterocycles. The van der Waals surface area contributed by atoms with Crippen LogP contribution < -0.4 is 5.73 Å². The lowest BCUT2D eigenvalue weighted by Gasteiger charge is -2.26. The minimum absolute atomic E-state index is 0.515. The number of benzene rings is 1. The highest BCUT2D eigenvalue weighted by molar-refractivity contribution is 6.07. The number of nitrogens with one attached hydrogen (secondary N) is 1. The number of H-pyrrole nitrogens is 1. The number of pyridine rings is 2. The first-order chi connectivity index (χ1) is 13.3. The molecule has 1 fully saturated rings. The molecule has 0 atom stereocenters. The van der Waals surface area contributed by atoms with Crippen LogP contribution in [-0.4, -0.2) is 46.2 Å². The lowest BCUT2D eigenvalue weighted by atomic mass is 10.0. The van der Waals surface area contributed by atoms with Crippen LogP contribution in [0.3, 0.4) is 0 Å². The molecule has 0 unspecified atom stereocenters. The van der Waals surface area contributed by atoms with Crippen LogP contribution >= 0.6 is 0 Å². The van der Waals surface area contributed by atoms with Crippen molar-refractivity contribution in [2.45, 2.75) is 6.54 Å². The van der Waals surface area contributed by atoms with Crippen molar-refractivity contribution in [2.24, 2.45) is 0 Å². The van der Waals surface area contributed by atoms with E-state index in [0.29, 0.717) is 5.82 Å². The van der Waals surface area contributed by atoms with E-state index in [1.54, 1.807) is 6.20 Å². The van der Waals surface area contributed by atoms with Gasteiger partial charge in [-0.25, -0.2) is 9.97 Å². The van der Waals surface area contributed by atoms with Crippen LogP contribution in [0, 0.1) is 0 Å². The van der Waals surface area contributed by atoms with Crippen LogP contribution in [-0.2, 0) is 11.3 Å². The van der Waals surface area contributed by atoms with Gasteiger partial charge in [-0.1, -0.05) is 24.3 Å². The average molecular weight is 359 g/mol. The van der Waals surface area contributed by atoms with Crippen molar-refractivity contribution in [1.29, 1.82) is 0 Å². The maximum Gasteiger partial charge on any atom is 0.138 e. The Labute approximate surface area is 157 Å². The maximum atomic E-state index is 5.86. The number of morpholine rings is 1. The first kappa shape index (κ1) is 16.2. The fourth-order valence-corrected chi connectivity index (χ4v) is 3.67. The van der Waals surface area contributed by atoms with Crippen molar-refractivity contribution in [2.75, 3.05) is 32.0 Å². The third kappa shape index (κ3) is 3.13. The number of nitrogens with zero attached hydrogens (tertiary/aromatic N) is 3. The molecular formula is C21H21N5O. The van der Waals surface area contributed by atoms with Gasteiger partial charge in [-0.2, -0.15) is 0 Å². The lowest BCUT2D eigenvalue weighted by Crippen LogP contribution is -2.35. The second kappa shape index (κ2) is 6.64. The van der Waals surface area contributed by atoms with Gasteiger partial charge in [-0.3, -0.25) is 4.90 Å². The molecule has 0 amide bonds. The maximum absolute atomic E-state index is 5.86. The molecule has 136 valence electrons. The van der Waals surface area contributed by atoms with Crippen LogP contribution in [0.25, 0.3) is 33.1 Å². The van der Waals surface area contributed by atoms with E-state index in [-0.39, 0.29) is 0 Å². The van der Waals surface area contributed by atoms with Gasteiger partial charge >= 0.3 is 0 Å². The van der Waals surface area contributed by atoms with Crippen LogP contribution in [0.4, 0.5) is 5.82 Å². The summed E-state index contributed by atoms with van der Waals surface area (Å²) in [7, 11) is 0. The van der Waals surface area contributed by atoms with E-state index < -0.39 is 0 Å². The van der Waals surface area contributed by atoms with Crippen molar-refractivity contribution in [3.8, 4) is 11.1 Å². The first-order valence-corrected chi connectivity index (χ1v) is 9.19. The molecule has 1 aliphatic rings. The summed E-state index contributed by atoms with van der Waals surface area (Å²) in [6.45, 7) is 4.63. The summed E-state index contributed by atoms with van der Waals surface area (Å²) < 4.78 is 5.42. The largest absolute Gasteiger partial charge is 0.384 e. The Bertz CT molecular complexity index is 1100. The highest BCUT2D eigenvalue weighted by Gasteiger charge is 2.11. The van der Waals surface area contributed by atoms with Crippen LogP contribution in [0.5, 0.6) is 0 Å². The Balaban J connectivity index is 1.45. The van der Waals surface area contributed by atoms with Gasteiger partial charge in [0.15, 0.2) is 0 Å². The number of ether oxygens (including phenoxy) is 1. The van der Waals surface area contributed by atoms with Gasteiger partial charge < -0.3 is 15.5 Å². The third-order valence-corrected chi connectivity index (χ3v) is 5.15. The van der Waals surface area contributed by atoms with E-state index in [9.17, 15) is 0 Å². The molecule has 4 heterocycles. The molecule has 6 heteroatoms. The number of fused-ring (bicyclic) bond motifs is 3. The number of anilines is 1. The highest BCUT2D eigenvalue weighted by atomic mass is 16.5. The number of nitrogen functional groups attached to an aromatic ring is 1. The third-order valence-electron chi connectivity index (χ3n) is 5.15. The van der Waals surface area contributed by atoms with E-state index >= 15 is 0 Å². The zero-order chi connectivity index (χ0) is 18.2. The predicted molar refractivity (Wildman–Crippen MR) is 107 cm³/mol. The Kier molecular flexibility index (Phi) is 3.99. The molecule has 0 radical (unpaired) electrons. The molecule has 0 saturated carbocycles. The molecule has 0 spiro atoms. The number of hydrogen-bond donors (Lipinski definition) is 2. The monoisotopic (exact) mass is 359 g/mol. The summed E-state index contributed by atoms with van der Waals surface area (Å²) >= 11 is 0. The van der Waals surface area contributed by atoms with Crippen molar-refractivity contribution < 1.29 is 4.74 Å². The Morgan fingerprint density at radius 2 is 1.78 bits per heavy atom. The number of nitrogens with two attached hydrogens (primary N) is 1. The van der Waals surface area contributed by atoms with Crippen molar-refractivity contribution in [3.63, 3.8) is 0 Å². The van der Waals surface area contributed by atoms with Crippen molar-refractivity contribution >= 4 is 27.8 Å². The lowest BCUT2D eigenvalue weighted by molar-refractivity contribution is 0.0342. The predicted octanol–water partition coefficient (Wildman–Crippen LogP) is 3.19. The topological polar surface area (TPSA) is 80.1 Å². The van der Waals surface area contributed by atoms with Crippen LogP contribution in [0.1, 0.15) is 5.56 Å². The Hall–Kier alpha value is -2.96. The molecular weight excluding hydrogens is 338 g/mol. The summed E-state index contributed by atoms with van der Waals surface area (Å²) in [6.07, 6.45) is 3.66. The summed E-state index contributed by atoms with van der Waals surface area (Å²) in [4.78, 5) is 14.5. The SMILES string of the molecule is Nc1cc2c(cn1)[nH]c1ncc(-c3ccc(CN4CCOCC4)cc3)cc12. The summed E-state index contributed by atoms with van der Waals surface area (Å²) in [6, 6.07) is 12.8. The van der Waals surface area contributed by atoms with Gasteiger partial charge in [0.25, 0.3) is 0 Å². The van der Waals surface area contributed by atoms with E-state index in [2.05, 4.69) is 50.2 Å². The molecule has 0 aliphatic carbocycles. The van der Waals surface area contributed by atoms with Gasteiger partial charge in [0.2, 0.25) is 0 Å². The normalized spacial score (nSPS) is 15.6. The number of aromatic amines is 1. The van der Waals surface area contributed by atoms with Crippen molar-refractivity contribution in [3.05, 3.63) is 54.4 Å². The number of hydrogen-bond acceptors (Lipinski definition) is 5.